The molecule has 2 aromatic rings. The number of hydrogen-bond donors (Lipinski definition) is 6. The van der Waals surface area contributed by atoms with Crippen molar-refractivity contribution in [1.29, 1.82) is 0 Å². The smallest absolute Gasteiger partial charge is 0.416 e. The fourth-order valence-corrected chi connectivity index (χ4v) is 5.60. The lowest BCUT2D eigenvalue weighted by atomic mass is 9.99. The number of carbonyl (C=O) groups is 6. The normalized spacial score (nSPS) is 13.9. The van der Waals surface area contributed by atoms with Gasteiger partial charge in [-0.25, -0.2) is 14.4 Å². The Morgan fingerprint density at radius 2 is 1.07 bits per heavy atom. The number of nitrogens with one attached hydrogen (secondary N) is 5. The molecule has 0 aliphatic heterocycles. The van der Waals surface area contributed by atoms with Crippen LogP contribution in [0.4, 0.5) is 22.8 Å². The van der Waals surface area contributed by atoms with E-state index in [1.807, 2.05) is 13.8 Å². The predicted molar refractivity (Wildman–Crippen MR) is 214 cm³/mol. The van der Waals surface area contributed by atoms with Crippen LogP contribution in [0.3, 0.4) is 0 Å². The molecule has 6 N–H and O–H groups in total. The maximum absolute atomic E-state index is 14.1. The van der Waals surface area contributed by atoms with E-state index in [0.717, 1.165) is 12.1 Å². The molecule has 17 heteroatoms. The largest absolute Gasteiger partial charge is 0.480 e. The molecule has 0 heterocycles. The van der Waals surface area contributed by atoms with Gasteiger partial charge in [0.15, 0.2) is 0 Å². The number of unbranched alkanes of at least 4 members (excludes halogenated alkanes) is 1. The molecule has 0 radical (unpaired) electrons. The van der Waals surface area contributed by atoms with Crippen LogP contribution in [0, 0.1) is 5.92 Å². The second-order valence-electron chi connectivity index (χ2n) is 16.7. The molecule has 0 fully saturated rings. The zero-order valence-corrected chi connectivity index (χ0v) is 35.1. The van der Waals surface area contributed by atoms with Crippen LogP contribution in [0.2, 0.25) is 0 Å². The monoisotopic (exact) mass is 835 g/mol. The molecule has 0 aliphatic carbocycles. The average molecular weight is 836 g/mol. The summed E-state index contributed by atoms with van der Waals surface area (Å²) in [6.45, 7) is 14.0. The first-order valence-electron chi connectivity index (χ1n) is 19.6. The van der Waals surface area contributed by atoms with E-state index < -0.39 is 83.0 Å². The second-order valence-corrected chi connectivity index (χ2v) is 16.7. The summed E-state index contributed by atoms with van der Waals surface area (Å²) >= 11 is 0. The van der Waals surface area contributed by atoms with E-state index in [0.29, 0.717) is 24.8 Å². The maximum atomic E-state index is 14.1. The Bertz CT molecular complexity index is 1690. The summed E-state index contributed by atoms with van der Waals surface area (Å²) in [4.78, 5) is 78.7. The number of carboxylic acids is 1. The molecular formula is C42H60F3N5O9. The fourth-order valence-electron chi connectivity index (χ4n) is 5.60. The van der Waals surface area contributed by atoms with Crippen LogP contribution in [0.25, 0.3) is 0 Å². The molecule has 328 valence electrons. The molecule has 0 saturated carbocycles. The van der Waals surface area contributed by atoms with Gasteiger partial charge in [0.1, 0.15) is 35.4 Å². The highest BCUT2D eigenvalue weighted by atomic mass is 19.4. The highest BCUT2D eigenvalue weighted by Gasteiger charge is 2.33. The Morgan fingerprint density at radius 1 is 0.593 bits per heavy atom. The van der Waals surface area contributed by atoms with Gasteiger partial charge in [-0.1, -0.05) is 56.3 Å². The lowest BCUT2D eigenvalue weighted by Crippen LogP contribution is -2.58. The summed E-state index contributed by atoms with van der Waals surface area (Å²) < 4.78 is 50.3. The maximum Gasteiger partial charge on any atom is 0.416 e. The number of carboxylic acid groups (broad SMARTS) is 1. The summed E-state index contributed by atoms with van der Waals surface area (Å²) in [6.07, 6.45) is -5.17. The van der Waals surface area contributed by atoms with Crippen LogP contribution >= 0.6 is 0 Å². The molecule has 0 aromatic heterocycles. The van der Waals surface area contributed by atoms with Crippen LogP contribution in [0.5, 0.6) is 0 Å². The lowest BCUT2D eigenvalue weighted by Gasteiger charge is -2.27. The number of hydrogen-bond acceptors (Lipinski definition) is 8. The van der Waals surface area contributed by atoms with Crippen LogP contribution < -0.4 is 26.6 Å². The van der Waals surface area contributed by atoms with Gasteiger partial charge in [0.2, 0.25) is 17.7 Å². The molecule has 59 heavy (non-hydrogen) atoms. The number of rotatable bonds is 20. The summed E-state index contributed by atoms with van der Waals surface area (Å²) in [5, 5.41) is 22.9. The number of halogens is 3. The van der Waals surface area contributed by atoms with Crippen LogP contribution in [-0.2, 0) is 47.7 Å². The van der Waals surface area contributed by atoms with Crippen LogP contribution in [0.15, 0.2) is 54.6 Å². The minimum atomic E-state index is -4.59. The highest BCUT2D eigenvalue weighted by Crippen LogP contribution is 2.29. The van der Waals surface area contributed by atoms with Crippen molar-refractivity contribution in [2.24, 2.45) is 5.92 Å². The van der Waals surface area contributed by atoms with E-state index in [1.165, 1.54) is 12.1 Å². The predicted octanol–water partition coefficient (Wildman–Crippen LogP) is 6.05. The first kappa shape index (κ1) is 49.8. The van der Waals surface area contributed by atoms with E-state index in [-0.39, 0.29) is 43.7 Å². The molecule has 14 nitrogen and oxygen atoms in total. The van der Waals surface area contributed by atoms with Crippen molar-refractivity contribution in [2.75, 3.05) is 6.54 Å². The van der Waals surface area contributed by atoms with Crippen LogP contribution in [-0.4, -0.2) is 82.9 Å². The average Bonchev–Trinajstić information content (AvgIpc) is 3.10. The fraction of sp³-hybridized carbons (Fsp3) is 0.571. The first-order valence-corrected chi connectivity index (χ1v) is 19.6. The van der Waals surface area contributed by atoms with Crippen molar-refractivity contribution in [3.63, 3.8) is 0 Å². The van der Waals surface area contributed by atoms with Gasteiger partial charge >= 0.3 is 24.3 Å². The van der Waals surface area contributed by atoms with Crippen molar-refractivity contribution in [1.82, 2.24) is 26.6 Å². The van der Waals surface area contributed by atoms with Crippen molar-refractivity contribution < 1.29 is 56.5 Å². The Morgan fingerprint density at radius 3 is 1.58 bits per heavy atom. The van der Waals surface area contributed by atoms with Crippen molar-refractivity contribution in [2.45, 2.75) is 142 Å². The van der Waals surface area contributed by atoms with Gasteiger partial charge in [-0.2, -0.15) is 13.2 Å². The van der Waals surface area contributed by atoms with E-state index >= 15 is 0 Å². The molecule has 0 unspecified atom stereocenters. The van der Waals surface area contributed by atoms with Gasteiger partial charge in [0.05, 0.1) is 5.56 Å². The van der Waals surface area contributed by atoms with Gasteiger partial charge in [-0.15, -0.1) is 0 Å². The molecule has 0 saturated heterocycles. The van der Waals surface area contributed by atoms with E-state index in [1.54, 1.807) is 71.9 Å². The summed E-state index contributed by atoms with van der Waals surface area (Å²) in [6, 6.07) is 7.43. The van der Waals surface area contributed by atoms with Crippen LogP contribution in [0.1, 0.15) is 104 Å². The quantitative estimate of drug-likeness (QED) is 0.0859. The topological polar surface area (TPSA) is 201 Å². The number of carbonyl (C=O) groups excluding carboxylic acids is 5. The highest BCUT2D eigenvalue weighted by molar-refractivity contribution is 5.95. The molecule has 5 amide bonds. The molecule has 4 atom stereocenters. The number of amides is 5. The Hall–Kier alpha value is -5.35. The Kier molecular flexibility index (Phi) is 19.2. The van der Waals surface area contributed by atoms with E-state index in [9.17, 15) is 47.0 Å². The third-order valence-corrected chi connectivity index (χ3v) is 8.51. The van der Waals surface area contributed by atoms with Gasteiger partial charge in [-0.05, 0) is 103 Å². The summed E-state index contributed by atoms with van der Waals surface area (Å²) in [5.41, 5.74) is -1.64. The van der Waals surface area contributed by atoms with Gasteiger partial charge in [-0.3, -0.25) is 14.4 Å². The molecular weight excluding hydrogens is 775 g/mol. The molecule has 0 aliphatic rings. The van der Waals surface area contributed by atoms with Crippen molar-refractivity contribution in [3.05, 3.63) is 71.3 Å². The zero-order valence-electron chi connectivity index (χ0n) is 35.1. The van der Waals surface area contributed by atoms with Gasteiger partial charge in [0.25, 0.3) is 0 Å². The number of aliphatic carboxylic acids is 1. The molecule has 2 aromatic carbocycles. The van der Waals surface area contributed by atoms with Gasteiger partial charge < -0.3 is 41.2 Å². The molecule has 0 bridgehead atoms. The minimum Gasteiger partial charge on any atom is -0.480 e. The summed E-state index contributed by atoms with van der Waals surface area (Å²) in [7, 11) is 0. The SMILES string of the molecule is CC(C)CC[C@@H](NC(=O)[C@@H](Cc1ccccc1)NC(=O)[C@@H](Cc1ccc(C(F)(F)F)cc1)NC(=O)OC(C)(C)C)C(=O)N[C@H](CCCCNC(=O)OC(C)(C)C)C(=O)O. The van der Waals surface area contributed by atoms with Crippen molar-refractivity contribution in [3.8, 4) is 0 Å². The molecule has 0 spiro atoms. The third-order valence-electron chi connectivity index (χ3n) is 8.51. The number of alkyl carbamates (subject to hydrolysis) is 2. The Balaban J connectivity index is 2.32. The van der Waals surface area contributed by atoms with E-state index in [4.69, 9.17) is 9.47 Å². The summed E-state index contributed by atoms with van der Waals surface area (Å²) in [5.74, 6) is -3.59. The van der Waals surface area contributed by atoms with Crippen molar-refractivity contribution >= 4 is 35.9 Å². The number of ether oxygens (including phenoxy) is 2. The standard InChI is InChI=1S/C42H60F3N5O9/c1-26(2)17-22-30(34(51)48-31(37(54)55)16-12-13-23-46-38(56)58-40(3,4)5)47-35(52)32(24-27-14-10-9-11-15-27)49-36(53)33(50-39(57)59-41(6,7)8)25-28-18-20-29(21-19-28)42(43,44)45/h9-11,14-15,18-21,26,30-33H,12-13,16-17,22-25H2,1-8H3,(H,46,56)(H,47,52)(H,48,51)(H,49,53)(H,50,57)(H,54,55)/t30-,31-,32-,33-/m1/s1. The first-order chi connectivity index (χ1) is 27.3. The number of alkyl halides is 3. The van der Waals surface area contributed by atoms with E-state index in [2.05, 4.69) is 26.6 Å². The molecule has 2 rings (SSSR count). The second kappa shape index (κ2) is 22.7. The Labute approximate surface area is 344 Å². The zero-order chi connectivity index (χ0) is 44.6. The minimum absolute atomic E-state index is 0.0274. The lowest BCUT2D eigenvalue weighted by molar-refractivity contribution is -0.142. The van der Waals surface area contributed by atoms with Gasteiger partial charge in [0, 0.05) is 19.4 Å². The third kappa shape index (κ3) is 20.3. The number of benzene rings is 2.